The smallest absolute Gasteiger partial charge is 0.138 e. The van der Waals surface area contributed by atoms with Crippen LogP contribution in [0.3, 0.4) is 0 Å². The third-order valence-corrected chi connectivity index (χ3v) is 4.53. The summed E-state index contributed by atoms with van der Waals surface area (Å²) in [7, 11) is 0. The van der Waals surface area contributed by atoms with E-state index < -0.39 is 0 Å². The maximum Gasteiger partial charge on any atom is 0.138 e. The highest BCUT2D eigenvalue weighted by atomic mass is 35.5. The quantitative estimate of drug-likeness (QED) is 0.774. The number of benzene rings is 2. The van der Waals surface area contributed by atoms with E-state index in [9.17, 15) is 0 Å². The van der Waals surface area contributed by atoms with Crippen LogP contribution >= 0.6 is 11.6 Å². The van der Waals surface area contributed by atoms with Crippen molar-refractivity contribution in [1.29, 1.82) is 0 Å². The van der Waals surface area contributed by atoms with Gasteiger partial charge in [0.15, 0.2) is 0 Å². The van der Waals surface area contributed by atoms with Crippen LogP contribution in [0.25, 0.3) is 0 Å². The first-order valence-electron chi connectivity index (χ1n) is 7.94. The zero-order chi connectivity index (χ0) is 15.8. The van der Waals surface area contributed by atoms with Gasteiger partial charge in [0, 0.05) is 41.9 Å². The Morgan fingerprint density at radius 2 is 2.04 bits per heavy atom. The fourth-order valence-corrected chi connectivity index (χ4v) is 3.34. The predicted molar refractivity (Wildman–Crippen MR) is 96.4 cm³/mol. The number of rotatable bonds is 0. The van der Waals surface area contributed by atoms with Gasteiger partial charge in [-0.05, 0) is 37.3 Å². The molecule has 23 heavy (non-hydrogen) atoms. The Morgan fingerprint density at radius 3 is 2.91 bits per heavy atom. The number of fused-ring (bicyclic) bond motifs is 2. The molecule has 0 aliphatic carbocycles. The second-order valence-electron chi connectivity index (χ2n) is 6.07. The van der Waals surface area contributed by atoms with Crippen molar-refractivity contribution in [3.05, 3.63) is 53.1 Å². The highest BCUT2D eigenvalue weighted by Gasteiger charge is 2.24. The lowest BCUT2D eigenvalue weighted by Crippen LogP contribution is -2.51. The molecule has 2 aliphatic heterocycles. The van der Waals surface area contributed by atoms with E-state index in [1.54, 1.807) is 0 Å². The van der Waals surface area contributed by atoms with Crippen molar-refractivity contribution in [3.63, 3.8) is 0 Å². The van der Waals surface area contributed by atoms with Crippen LogP contribution in [0.2, 0.25) is 5.02 Å². The van der Waals surface area contributed by atoms with Crippen molar-refractivity contribution in [1.82, 2.24) is 10.2 Å². The molecule has 118 valence electrons. The molecule has 0 unspecified atom stereocenters. The molecule has 0 radical (unpaired) electrons. The molecule has 2 aromatic carbocycles. The number of nitrogens with zero attached hydrogens (tertiary/aromatic N) is 2. The molecule has 1 atom stereocenters. The zero-order valence-corrected chi connectivity index (χ0v) is 13.8. The first kappa shape index (κ1) is 14.5. The molecule has 2 aliphatic rings. The molecule has 0 aromatic heterocycles. The van der Waals surface area contributed by atoms with Crippen LogP contribution in [-0.4, -0.2) is 36.4 Å². The van der Waals surface area contributed by atoms with Gasteiger partial charge in [-0.2, -0.15) is 0 Å². The highest BCUT2D eigenvalue weighted by molar-refractivity contribution is 6.31. The average Bonchev–Trinajstić information content (AvgIpc) is 2.71. The van der Waals surface area contributed by atoms with E-state index in [1.807, 2.05) is 24.3 Å². The minimum absolute atomic E-state index is 0.452. The molecule has 0 bridgehead atoms. The summed E-state index contributed by atoms with van der Waals surface area (Å²) in [5, 5.41) is 7.68. The van der Waals surface area contributed by atoms with Gasteiger partial charge in [-0.1, -0.05) is 23.7 Å². The van der Waals surface area contributed by atoms with Gasteiger partial charge in [-0.3, -0.25) is 0 Å². The number of nitrogens with one attached hydrogen (secondary N) is 2. The molecule has 2 heterocycles. The molecule has 0 amide bonds. The van der Waals surface area contributed by atoms with Crippen LogP contribution in [-0.2, 0) is 0 Å². The molecule has 1 fully saturated rings. The van der Waals surface area contributed by atoms with Gasteiger partial charge in [0.1, 0.15) is 5.84 Å². The Balaban J connectivity index is 1.86. The van der Waals surface area contributed by atoms with Crippen LogP contribution in [0.15, 0.2) is 47.5 Å². The molecule has 4 nitrogen and oxygen atoms in total. The summed E-state index contributed by atoms with van der Waals surface area (Å²) in [5.41, 5.74) is 4.09. The van der Waals surface area contributed by atoms with E-state index in [2.05, 4.69) is 40.7 Å². The molecule has 0 saturated carbocycles. The minimum atomic E-state index is 0.452. The van der Waals surface area contributed by atoms with Crippen LogP contribution in [0.1, 0.15) is 12.5 Å². The van der Waals surface area contributed by atoms with Crippen molar-refractivity contribution in [2.45, 2.75) is 13.0 Å². The Bertz CT molecular complexity index is 771. The molecule has 5 heteroatoms. The lowest BCUT2D eigenvalue weighted by atomic mass is 10.1. The summed E-state index contributed by atoms with van der Waals surface area (Å²) < 4.78 is 0. The summed E-state index contributed by atoms with van der Waals surface area (Å²) in [5.74, 6) is 1.02. The van der Waals surface area contributed by atoms with E-state index in [4.69, 9.17) is 16.6 Å². The highest BCUT2D eigenvalue weighted by Crippen LogP contribution is 2.36. The SMILES string of the molecule is C[C@H]1CN(C2=Nc3cc(Cl)ccc3Nc3ccccc32)CCN1. The number of hydrogen-bond donors (Lipinski definition) is 2. The van der Waals surface area contributed by atoms with Gasteiger partial charge in [-0.25, -0.2) is 4.99 Å². The molecule has 2 N–H and O–H groups in total. The number of anilines is 2. The van der Waals surface area contributed by atoms with E-state index in [1.165, 1.54) is 0 Å². The first-order chi connectivity index (χ1) is 11.2. The number of aliphatic imine (C=N–C) groups is 1. The van der Waals surface area contributed by atoms with Gasteiger partial charge in [0.2, 0.25) is 0 Å². The lowest BCUT2D eigenvalue weighted by molar-refractivity contribution is 0.304. The normalized spacial score (nSPS) is 20.0. The van der Waals surface area contributed by atoms with Gasteiger partial charge in [-0.15, -0.1) is 0 Å². The fraction of sp³-hybridized carbons (Fsp3) is 0.278. The predicted octanol–water partition coefficient (Wildman–Crippen LogP) is 3.77. The van der Waals surface area contributed by atoms with Crippen LogP contribution < -0.4 is 10.6 Å². The van der Waals surface area contributed by atoms with Crippen molar-refractivity contribution in [2.24, 2.45) is 4.99 Å². The Labute approximate surface area is 141 Å². The zero-order valence-electron chi connectivity index (χ0n) is 13.0. The Kier molecular flexibility index (Phi) is 3.71. The average molecular weight is 327 g/mol. The standard InChI is InChI=1S/C18H19ClN4/c1-12-11-23(9-8-20-12)18-14-4-2-3-5-15(14)21-16-7-6-13(19)10-17(16)22-18/h2-7,10,12,20-21H,8-9,11H2,1H3/t12-/m0/s1. The number of halogens is 1. The molecular formula is C18H19ClN4. The molecule has 0 spiro atoms. The number of piperazine rings is 1. The molecular weight excluding hydrogens is 308 g/mol. The number of amidine groups is 1. The Morgan fingerprint density at radius 1 is 1.17 bits per heavy atom. The molecule has 4 rings (SSSR count). The van der Waals surface area contributed by atoms with E-state index in [0.717, 1.165) is 48.1 Å². The maximum absolute atomic E-state index is 6.18. The summed E-state index contributed by atoms with van der Waals surface area (Å²) in [6, 6.07) is 14.6. The summed E-state index contributed by atoms with van der Waals surface area (Å²) in [6.45, 7) is 5.08. The second-order valence-corrected chi connectivity index (χ2v) is 6.51. The molecule has 1 saturated heterocycles. The van der Waals surface area contributed by atoms with Crippen LogP contribution in [0, 0.1) is 0 Å². The van der Waals surface area contributed by atoms with E-state index in [-0.39, 0.29) is 0 Å². The fourth-order valence-electron chi connectivity index (χ4n) is 3.18. The second kappa shape index (κ2) is 5.87. The third kappa shape index (κ3) is 2.80. The Hall–Kier alpha value is -2.04. The van der Waals surface area contributed by atoms with Gasteiger partial charge in [0.25, 0.3) is 0 Å². The third-order valence-electron chi connectivity index (χ3n) is 4.29. The maximum atomic E-state index is 6.18. The van der Waals surface area contributed by atoms with Crippen molar-refractivity contribution in [3.8, 4) is 0 Å². The van der Waals surface area contributed by atoms with Gasteiger partial charge in [0.05, 0.1) is 11.4 Å². The van der Waals surface area contributed by atoms with Crippen molar-refractivity contribution in [2.75, 3.05) is 25.0 Å². The van der Waals surface area contributed by atoms with Crippen molar-refractivity contribution < 1.29 is 0 Å². The number of hydrogen-bond acceptors (Lipinski definition) is 4. The van der Waals surface area contributed by atoms with Crippen molar-refractivity contribution >= 4 is 34.5 Å². The summed E-state index contributed by atoms with van der Waals surface area (Å²) in [6.07, 6.45) is 0. The summed E-state index contributed by atoms with van der Waals surface area (Å²) in [4.78, 5) is 7.33. The van der Waals surface area contributed by atoms with E-state index in [0.29, 0.717) is 11.1 Å². The minimum Gasteiger partial charge on any atom is -0.353 e. The number of para-hydroxylation sites is 1. The van der Waals surface area contributed by atoms with Gasteiger partial charge >= 0.3 is 0 Å². The van der Waals surface area contributed by atoms with E-state index >= 15 is 0 Å². The first-order valence-corrected chi connectivity index (χ1v) is 8.31. The van der Waals surface area contributed by atoms with Crippen LogP contribution in [0.5, 0.6) is 0 Å². The monoisotopic (exact) mass is 326 g/mol. The molecule has 2 aromatic rings. The lowest BCUT2D eigenvalue weighted by Gasteiger charge is -2.34. The summed E-state index contributed by atoms with van der Waals surface area (Å²) >= 11 is 6.18. The van der Waals surface area contributed by atoms with Gasteiger partial charge < -0.3 is 15.5 Å². The topological polar surface area (TPSA) is 39.7 Å². The van der Waals surface area contributed by atoms with Crippen LogP contribution in [0.4, 0.5) is 17.1 Å². The largest absolute Gasteiger partial charge is 0.353 e.